The van der Waals surface area contributed by atoms with Crippen LogP contribution in [0.4, 0.5) is 0 Å². The number of rotatable bonds is 5. The van der Waals surface area contributed by atoms with Gasteiger partial charge in [-0.1, -0.05) is 23.8 Å². The van der Waals surface area contributed by atoms with Crippen LogP contribution in [0.2, 0.25) is 0 Å². The van der Waals surface area contributed by atoms with E-state index >= 15 is 0 Å². The van der Waals surface area contributed by atoms with Crippen molar-refractivity contribution in [3.63, 3.8) is 0 Å². The topological polar surface area (TPSA) is 47.6 Å². The highest BCUT2D eigenvalue weighted by Gasteiger charge is 2.46. The summed E-state index contributed by atoms with van der Waals surface area (Å²) in [6.07, 6.45) is 1.86. The Balaban J connectivity index is 1.84. The second-order valence-electron chi connectivity index (χ2n) is 5.98. The first-order valence-electron chi connectivity index (χ1n) is 7.70. The Hall–Kier alpha value is -2.49. The molecule has 1 saturated carbocycles. The fourth-order valence-electron chi connectivity index (χ4n) is 2.82. The number of carbonyl (C=O) groups excluding carboxylic acids is 1. The highest BCUT2D eigenvalue weighted by atomic mass is 16.5. The largest absolute Gasteiger partial charge is 0.493 e. The van der Waals surface area contributed by atoms with Gasteiger partial charge in [0.15, 0.2) is 11.5 Å². The van der Waals surface area contributed by atoms with Crippen LogP contribution < -0.4 is 14.8 Å². The third kappa shape index (κ3) is 3.02. The van der Waals surface area contributed by atoms with Crippen molar-refractivity contribution in [3.8, 4) is 11.5 Å². The summed E-state index contributed by atoms with van der Waals surface area (Å²) in [7, 11) is 3.23. The van der Waals surface area contributed by atoms with Crippen molar-refractivity contribution in [1.82, 2.24) is 5.32 Å². The van der Waals surface area contributed by atoms with Crippen LogP contribution in [0.5, 0.6) is 11.5 Å². The molecule has 4 nitrogen and oxygen atoms in total. The van der Waals surface area contributed by atoms with Gasteiger partial charge in [0.1, 0.15) is 0 Å². The lowest BCUT2D eigenvalue weighted by molar-refractivity contribution is 0.0930. The molecule has 2 aromatic rings. The van der Waals surface area contributed by atoms with Gasteiger partial charge in [0.05, 0.1) is 19.8 Å². The maximum atomic E-state index is 12.5. The molecule has 0 saturated heterocycles. The van der Waals surface area contributed by atoms with Crippen molar-refractivity contribution >= 4 is 5.91 Å². The molecule has 0 atom stereocenters. The van der Waals surface area contributed by atoms with Crippen LogP contribution in [0, 0.1) is 6.92 Å². The van der Waals surface area contributed by atoms with Gasteiger partial charge in [-0.2, -0.15) is 0 Å². The van der Waals surface area contributed by atoms with Crippen molar-refractivity contribution in [3.05, 3.63) is 59.2 Å². The molecule has 1 aliphatic carbocycles. The van der Waals surface area contributed by atoms with Crippen molar-refractivity contribution in [2.24, 2.45) is 0 Å². The van der Waals surface area contributed by atoms with E-state index in [9.17, 15) is 4.79 Å². The van der Waals surface area contributed by atoms with E-state index in [2.05, 4.69) is 5.32 Å². The Kier molecular flexibility index (Phi) is 3.99. The van der Waals surface area contributed by atoms with E-state index in [0.29, 0.717) is 17.1 Å². The van der Waals surface area contributed by atoms with Gasteiger partial charge in [0.25, 0.3) is 5.91 Å². The van der Waals surface area contributed by atoms with Gasteiger partial charge < -0.3 is 14.8 Å². The van der Waals surface area contributed by atoms with Crippen molar-refractivity contribution < 1.29 is 14.3 Å². The minimum absolute atomic E-state index is 0.0408. The monoisotopic (exact) mass is 311 g/mol. The van der Waals surface area contributed by atoms with Crippen LogP contribution in [0.1, 0.15) is 34.3 Å². The molecule has 2 aromatic carbocycles. The molecular weight excluding hydrogens is 290 g/mol. The number of hydrogen-bond donors (Lipinski definition) is 1. The number of nitrogens with one attached hydrogen (secondary N) is 1. The van der Waals surface area contributed by atoms with E-state index in [1.807, 2.05) is 49.4 Å². The zero-order valence-electron chi connectivity index (χ0n) is 13.7. The van der Waals surface area contributed by atoms with Gasteiger partial charge in [-0.3, -0.25) is 4.79 Å². The molecule has 0 bridgehead atoms. The predicted molar refractivity (Wildman–Crippen MR) is 89.1 cm³/mol. The second-order valence-corrected chi connectivity index (χ2v) is 5.98. The third-order valence-corrected chi connectivity index (χ3v) is 4.32. The van der Waals surface area contributed by atoms with Crippen LogP contribution in [-0.4, -0.2) is 20.1 Å². The molecule has 0 heterocycles. The lowest BCUT2D eigenvalue weighted by Crippen LogP contribution is -2.34. The first-order chi connectivity index (χ1) is 11.1. The lowest BCUT2D eigenvalue weighted by Gasteiger charge is -2.20. The predicted octanol–water partition coefficient (Wildman–Crippen LogP) is 3.43. The second kappa shape index (κ2) is 5.95. The minimum atomic E-state index is -0.291. The standard InChI is InChI=1S/C19H21NO3/c1-13-5-4-6-14(11-13)18(21)20-19(9-10-19)15-7-8-16(22-2)17(12-15)23-3/h4-8,11-12H,9-10H2,1-3H3,(H,20,21). The lowest BCUT2D eigenvalue weighted by atomic mass is 10.0. The maximum absolute atomic E-state index is 12.5. The van der Waals surface area contributed by atoms with Gasteiger partial charge >= 0.3 is 0 Å². The number of ether oxygens (including phenoxy) is 2. The van der Waals surface area contributed by atoms with Gasteiger partial charge in [-0.15, -0.1) is 0 Å². The molecule has 0 aliphatic heterocycles. The number of methoxy groups -OCH3 is 2. The van der Waals surface area contributed by atoms with Crippen molar-refractivity contribution in [1.29, 1.82) is 0 Å². The van der Waals surface area contributed by atoms with Crippen LogP contribution in [0.3, 0.4) is 0 Å². The summed E-state index contributed by atoms with van der Waals surface area (Å²) in [6, 6.07) is 13.4. The highest BCUT2D eigenvalue weighted by molar-refractivity contribution is 5.95. The first-order valence-corrected chi connectivity index (χ1v) is 7.70. The fourth-order valence-corrected chi connectivity index (χ4v) is 2.82. The number of aryl methyl sites for hydroxylation is 1. The average molecular weight is 311 g/mol. The van der Waals surface area contributed by atoms with Gasteiger partial charge in [0, 0.05) is 5.56 Å². The molecular formula is C19H21NO3. The number of hydrogen-bond acceptors (Lipinski definition) is 3. The van der Waals surface area contributed by atoms with Crippen LogP contribution in [0.25, 0.3) is 0 Å². The van der Waals surface area contributed by atoms with Gasteiger partial charge in [-0.25, -0.2) is 0 Å². The molecule has 1 N–H and O–H groups in total. The van der Waals surface area contributed by atoms with Gasteiger partial charge in [0.2, 0.25) is 0 Å². The Morgan fingerprint density at radius 2 is 1.78 bits per heavy atom. The van der Waals surface area contributed by atoms with E-state index in [4.69, 9.17) is 9.47 Å². The molecule has 23 heavy (non-hydrogen) atoms. The SMILES string of the molecule is COc1ccc(C2(NC(=O)c3cccc(C)c3)CC2)cc1OC. The molecule has 3 rings (SSSR count). The quantitative estimate of drug-likeness (QED) is 0.920. The molecule has 0 unspecified atom stereocenters. The summed E-state index contributed by atoms with van der Waals surface area (Å²) in [4.78, 5) is 12.5. The van der Waals surface area contributed by atoms with E-state index in [1.165, 1.54) is 0 Å². The minimum Gasteiger partial charge on any atom is -0.493 e. The van der Waals surface area contributed by atoms with E-state index in [-0.39, 0.29) is 11.4 Å². The molecule has 4 heteroatoms. The Bertz CT molecular complexity index is 735. The zero-order valence-corrected chi connectivity index (χ0v) is 13.7. The van der Waals surface area contributed by atoms with E-state index in [0.717, 1.165) is 24.0 Å². The number of benzene rings is 2. The summed E-state index contributed by atoms with van der Waals surface area (Å²) in [5, 5.41) is 3.18. The number of carbonyl (C=O) groups is 1. The fraction of sp³-hybridized carbons (Fsp3) is 0.316. The molecule has 0 spiro atoms. The Morgan fingerprint density at radius 1 is 1.04 bits per heavy atom. The highest BCUT2D eigenvalue weighted by Crippen LogP contribution is 2.47. The molecule has 1 fully saturated rings. The molecule has 1 amide bonds. The smallest absolute Gasteiger partial charge is 0.251 e. The van der Waals surface area contributed by atoms with E-state index in [1.54, 1.807) is 14.2 Å². The van der Waals surface area contributed by atoms with Crippen molar-refractivity contribution in [2.45, 2.75) is 25.3 Å². The summed E-state index contributed by atoms with van der Waals surface area (Å²) in [6.45, 7) is 1.98. The maximum Gasteiger partial charge on any atom is 0.251 e. The number of amides is 1. The zero-order chi connectivity index (χ0) is 16.4. The van der Waals surface area contributed by atoms with Crippen LogP contribution in [0.15, 0.2) is 42.5 Å². The summed E-state index contributed by atoms with van der Waals surface area (Å²) in [5.41, 5.74) is 2.53. The van der Waals surface area contributed by atoms with Gasteiger partial charge in [-0.05, 0) is 49.6 Å². The Morgan fingerprint density at radius 3 is 2.39 bits per heavy atom. The molecule has 0 radical (unpaired) electrons. The summed E-state index contributed by atoms with van der Waals surface area (Å²) >= 11 is 0. The molecule has 1 aliphatic rings. The van der Waals surface area contributed by atoms with Crippen LogP contribution in [-0.2, 0) is 5.54 Å². The summed E-state index contributed by atoms with van der Waals surface area (Å²) in [5.74, 6) is 1.33. The average Bonchev–Trinajstić information content (AvgIpc) is 3.34. The molecule has 0 aromatic heterocycles. The molecule has 120 valence electrons. The third-order valence-electron chi connectivity index (χ3n) is 4.32. The van der Waals surface area contributed by atoms with E-state index < -0.39 is 0 Å². The Labute approximate surface area is 136 Å². The van der Waals surface area contributed by atoms with Crippen LogP contribution >= 0.6 is 0 Å². The first kappa shape index (κ1) is 15.4. The van der Waals surface area contributed by atoms with Crippen molar-refractivity contribution in [2.75, 3.05) is 14.2 Å². The summed E-state index contributed by atoms with van der Waals surface area (Å²) < 4.78 is 10.6. The normalized spacial score (nSPS) is 14.9.